The molecular formula is C33H40N4O6S2. The van der Waals surface area contributed by atoms with Crippen molar-refractivity contribution in [2.45, 2.75) is 77.7 Å². The van der Waals surface area contributed by atoms with Gasteiger partial charge in [0.1, 0.15) is 0 Å². The molecule has 2 aromatic rings. The van der Waals surface area contributed by atoms with Crippen LogP contribution in [0.25, 0.3) is 18.2 Å². The molecule has 0 bridgehead atoms. The lowest BCUT2D eigenvalue weighted by molar-refractivity contribution is -0.138. The standard InChI is InChI=1S/C33H40N4O6S2/c1-14-20(7-9-28(38)39)25(34-22(14)11-24-16(3)31(19(6)45)33(43)36-24)13-26-21(8-10-29(40)41)15(2)23(35-26)12-27-30(18(5)44)17(4)32(42)37-27/h11-13,18-19,31,34-35,44-45H,7-10H2,1-6H3,(H,36,43)(H,37,42)(H,38,39)(H,40,41)/b22-11+,25-13-,27-12-/t18-,19-,31?/m0/s1. The van der Waals surface area contributed by atoms with Crippen LogP contribution in [-0.2, 0) is 32.0 Å². The first-order chi connectivity index (χ1) is 21.1. The zero-order chi connectivity index (χ0) is 33.3. The van der Waals surface area contributed by atoms with Crippen LogP contribution < -0.4 is 21.3 Å². The Morgan fingerprint density at radius 1 is 0.822 bits per heavy atom. The third-order valence-electron chi connectivity index (χ3n) is 8.56. The van der Waals surface area contributed by atoms with Gasteiger partial charge >= 0.3 is 11.9 Å². The number of hydrogen-bond acceptors (Lipinski definition) is 6. The van der Waals surface area contributed by atoms with E-state index in [-0.39, 0.29) is 53.9 Å². The topological polar surface area (TPSA) is 164 Å². The number of carbonyl (C=O) groups is 4. The van der Waals surface area contributed by atoms with Gasteiger partial charge in [0.25, 0.3) is 5.91 Å². The molecular weight excluding hydrogens is 613 g/mol. The van der Waals surface area contributed by atoms with E-state index in [1.54, 1.807) is 6.92 Å². The van der Waals surface area contributed by atoms with Crippen LogP contribution in [0.4, 0.5) is 0 Å². The third-order valence-corrected chi connectivity index (χ3v) is 9.12. The highest BCUT2D eigenvalue weighted by atomic mass is 32.1. The van der Waals surface area contributed by atoms with Gasteiger partial charge in [0.2, 0.25) is 5.91 Å². The van der Waals surface area contributed by atoms with E-state index < -0.39 is 11.9 Å². The number of rotatable bonds is 11. The molecule has 6 N–H and O–H groups in total. The Bertz CT molecular complexity index is 1810. The van der Waals surface area contributed by atoms with Gasteiger partial charge in [0.05, 0.1) is 5.92 Å². The number of amides is 2. The smallest absolute Gasteiger partial charge is 0.303 e. The van der Waals surface area contributed by atoms with Gasteiger partial charge in [-0.05, 0) is 99.1 Å². The number of aromatic amines is 2. The molecule has 3 atom stereocenters. The monoisotopic (exact) mass is 652 g/mol. The highest BCUT2D eigenvalue weighted by molar-refractivity contribution is 7.81. The molecule has 2 aliphatic heterocycles. The van der Waals surface area contributed by atoms with Crippen molar-refractivity contribution >= 4 is 67.2 Å². The van der Waals surface area contributed by atoms with E-state index in [9.17, 15) is 29.4 Å². The third kappa shape index (κ3) is 7.17. The average molecular weight is 653 g/mol. The Hall–Kier alpha value is -3.90. The van der Waals surface area contributed by atoms with Gasteiger partial charge in [-0.2, -0.15) is 25.3 Å². The van der Waals surface area contributed by atoms with Crippen LogP contribution in [0.3, 0.4) is 0 Å². The quantitative estimate of drug-likeness (QED) is 0.174. The Morgan fingerprint density at radius 2 is 1.44 bits per heavy atom. The lowest BCUT2D eigenvalue weighted by Crippen LogP contribution is -2.26. The van der Waals surface area contributed by atoms with Crippen molar-refractivity contribution in [3.8, 4) is 0 Å². The van der Waals surface area contributed by atoms with Crippen LogP contribution in [0.5, 0.6) is 0 Å². The molecule has 2 aliphatic rings. The summed E-state index contributed by atoms with van der Waals surface area (Å²) in [6.45, 7) is 11.2. The highest BCUT2D eigenvalue weighted by Crippen LogP contribution is 2.31. The maximum Gasteiger partial charge on any atom is 0.303 e. The molecule has 2 amide bonds. The minimum atomic E-state index is -0.930. The van der Waals surface area contributed by atoms with Crippen LogP contribution in [0.2, 0.25) is 0 Å². The van der Waals surface area contributed by atoms with Crippen LogP contribution in [0.15, 0.2) is 28.1 Å². The number of hydrogen-bond donors (Lipinski definition) is 8. The van der Waals surface area contributed by atoms with E-state index in [0.717, 1.165) is 38.7 Å². The van der Waals surface area contributed by atoms with Crippen molar-refractivity contribution in [3.05, 3.63) is 72.5 Å². The van der Waals surface area contributed by atoms with Crippen molar-refractivity contribution < 1.29 is 29.4 Å². The van der Waals surface area contributed by atoms with Crippen LogP contribution in [0.1, 0.15) is 74.2 Å². The van der Waals surface area contributed by atoms with Crippen LogP contribution in [-0.4, -0.2) is 54.4 Å². The van der Waals surface area contributed by atoms with Gasteiger partial charge in [0, 0.05) is 62.4 Å². The molecule has 45 heavy (non-hydrogen) atoms. The molecule has 240 valence electrons. The molecule has 0 radical (unpaired) electrons. The van der Waals surface area contributed by atoms with Crippen molar-refractivity contribution in [2.24, 2.45) is 5.92 Å². The molecule has 2 aromatic heterocycles. The molecule has 10 nitrogen and oxygen atoms in total. The zero-order valence-corrected chi connectivity index (χ0v) is 28.0. The van der Waals surface area contributed by atoms with E-state index >= 15 is 0 Å². The van der Waals surface area contributed by atoms with Gasteiger partial charge < -0.3 is 30.8 Å². The Labute approximate surface area is 272 Å². The fourth-order valence-electron chi connectivity index (χ4n) is 6.10. The summed E-state index contributed by atoms with van der Waals surface area (Å²) in [4.78, 5) is 55.0. The van der Waals surface area contributed by atoms with E-state index in [4.69, 9.17) is 0 Å². The summed E-state index contributed by atoms with van der Waals surface area (Å²) in [5.74, 6) is -2.52. The summed E-state index contributed by atoms with van der Waals surface area (Å²) >= 11 is 9.05. The molecule has 0 saturated heterocycles. The van der Waals surface area contributed by atoms with E-state index in [1.165, 1.54) is 0 Å². The second kappa shape index (κ2) is 13.6. The zero-order valence-electron chi connectivity index (χ0n) is 26.2. The molecule has 4 heterocycles. The summed E-state index contributed by atoms with van der Waals surface area (Å²) in [5.41, 5.74) is 8.23. The maximum absolute atomic E-state index is 12.6. The number of H-pyrrole nitrogens is 2. The van der Waals surface area contributed by atoms with Crippen molar-refractivity contribution in [3.63, 3.8) is 0 Å². The molecule has 0 saturated carbocycles. The first-order valence-corrected chi connectivity index (χ1v) is 15.8. The van der Waals surface area contributed by atoms with Crippen LogP contribution >= 0.6 is 25.3 Å². The number of aromatic nitrogens is 2. The van der Waals surface area contributed by atoms with E-state index in [2.05, 4.69) is 45.9 Å². The molecule has 0 aliphatic carbocycles. The van der Waals surface area contributed by atoms with Gasteiger partial charge in [-0.3, -0.25) is 19.2 Å². The minimum Gasteiger partial charge on any atom is -0.481 e. The van der Waals surface area contributed by atoms with Crippen molar-refractivity contribution in [2.75, 3.05) is 0 Å². The maximum atomic E-state index is 12.6. The highest BCUT2D eigenvalue weighted by Gasteiger charge is 2.32. The first-order valence-electron chi connectivity index (χ1n) is 14.8. The second-order valence-electron chi connectivity index (χ2n) is 11.7. The average Bonchev–Trinajstić information content (AvgIpc) is 3.59. The summed E-state index contributed by atoms with van der Waals surface area (Å²) < 4.78 is 0. The van der Waals surface area contributed by atoms with E-state index in [0.29, 0.717) is 33.7 Å². The lowest BCUT2D eigenvalue weighted by Gasteiger charge is -2.11. The molecule has 0 fully saturated rings. The molecule has 0 spiro atoms. The number of allylic oxidation sites excluding steroid dienone is 2. The molecule has 12 heteroatoms. The SMILES string of the molecule is CC1=C([C@H](C)S)/C(=C/c2[nH]c(/C=c3\[nH]/c(=C/C4=C(C)C([C@H](C)S)C(=O)N4)c(C)c3CCC(=O)O)c(CCC(=O)O)c2C)NC1=O. The number of carbonyl (C=O) groups excluding carboxylic acids is 2. The Kier molecular flexibility index (Phi) is 10.3. The number of thiol groups is 2. The molecule has 1 unspecified atom stereocenters. The van der Waals surface area contributed by atoms with Crippen LogP contribution in [0, 0.1) is 19.8 Å². The van der Waals surface area contributed by atoms with Crippen molar-refractivity contribution in [1.29, 1.82) is 0 Å². The summed E-state index contributed by atoms with van der Waals surface area (Å²) in [7, 11) is 0. The first kappa shape index (κ1) is 34.0. The lowest BCUT2D eigenvalue weighted by atomic mass is 9.98. The fourth-order valence-corrected chi connectivity index (χ4v) is 6.79. The van der Waals surface area contributed by atoms with Gasteiger partial charge in [-0.15, -0.1) is 0 Å². The molecule has 4 rings (SSSR count). The summed E-state index contributed by atoms with van der Waals surface area (Å²) in [5, 5.41) is 25.8. The summed E-state index contributed by atoms with van der Waals surface area (Å²) in [6, 6.07) is 0. The van der Waals surface area contributed by atoms with Crippen molar-refractivity contribution in [1.82, 2.24) is 20.6 Å². The normalized spacial score (nSPS) is 20.0. The Balaban J connectivity index is 1.91. The predicted octanol–water partition coefficient (Wildman–Crippen LogP) is 3.05. The summed E-state index contributed by atoms with van der Waals surface area (Å²) in [6.07, 6.45) is 5.92. The van der Waals surface area contributed by atoms with Gasteiger partial charge in [-0.1, -0.05) is 6.92 Å². The van der Waals surface area contributed by atoms with Gasteiger partial charge in [0.15, 0.2) is 0 Å². The number of carboxylic acid groups (broad SMARTS) is 2. The Morgan fingerprint density at radius 3 is 2.00 bits per heavy atom. The van der Waals surface area contributed by atoms with E-state index in [1.807, 2.05) is 52.8 Å². The predicted molar refractivity (Wildman–Crippen MR) is 180 cm³/mol. The molecule has 0 aromatic carbocycles. The second-order valence-corrected chi connectivity index (χ2v) is 13.3. The number of nitrogens with one attached hydrogen (secondary N) is 4. The number of aliphatic carboxylic acids is 2. The minimum absolute atomic E-state index is 0.0836. The largest absolute Gasteiger partial charge is 0.481 e. The fraction of sp³-hybridized carbons (Fsp3) is 0.394. The van der Waals surface area contributed by atoms with Gasteiger partial charge in [-0.25, -0.2) is 0 Å². The number of carboxylic acids is 2.